The van der Waals surface area contributed by atoms with Gasteiger partial charge in [-0.1, -0.05) is 11.6 Å². The summed E-state index contributed by atoms with van der Waals surface area (Å²) in [6.45, 7) is 6.09. The molecular formula is C11H13ClN4S. The first-order chi connectivity index (χ1) is 8.06. The van der Waals surface area contributed by atoms with Gasteiger partial charge in [0.15, 0.2) is 0 Å². The van der Waals surface area contributed by atoms with Gasteiger partial charge in [-0.3, -0.25) is 4.98 Å². The molecule has 1 unspecified atom stereocenters. The number of aromatic nitrogens is 3. The molecule has 0 bridgehead atoms. The van der Waals surface area contributed by atoms with Crippen LogP contribution >= 0.6 is 22.9 Å². The smallest absolute Gasteiger partial charge is 0.149 e. The third kappa shape index (κ3) is 2.92. The number of thiazole rings is 1. The Morgan fingerprint density at radius 2 is 2.06 bits per heavy atom. The number of nitrogens with one attached hydrogen (secondary N) is 1. The van der Waals surface area contributed by atoms with Crippen LogP contribution in [0.25, 0.3) is 0 Å². The van der Waals surface area contributed by atoms with Crippen LogP contribution in [0.3, 0.4) is 0 Å². The standard InChI is InChI=1S/C11H13ClN4S/c1-6-11(17-8(3)14-6)7(2)15-10-5-13-4-9(12)16-10/h4-5,7H,1-3H3,(H,15,16). The first-order valence-corrected chi connectivity index (χ1v) is 6.43. The van der Waals surface area contributed by atoms with Gasteiger partial charge in [0.05, 0.1) is 29.1 Å². The fourth-order valence-corrected chi connectivity index (χ4v) is 2.73. The number of hydrogen-bond acceptors (Lipinski definition) is 5. The van der Waals surface area contributed by atoms with E-state index in [0.29, 0.717) is 11.0 Å². The second kappa shape index (κ2) is 4.98. The van der Waals surface area contributed by atoms with Crippen LogP contribution < -0.4 is 5.32 Å². The van der Waals surface area contributed by atoms with E-state index in [1.807, 2.05) is 13.8 Å². The van der Waals surface area contributed by atoms with Crippen molar-refractivity contribution in [1.29, 1.82) is 0 Å². The summed E-state index contributed by atoms with van der Waals surface area (Å²) in [5.41, 5.74) is 1.06. The molecule has 2 rings (SSSR count). The summed E-state index contributed by atoms with van der Waals surface area (Å²) in [5, 5.41) is 4.73. The topological polar surface area (TPSA) is 50.7 Å². The van der Waals surface area contributed by atoms with E-state index in [2.05, 4.69) is 27.2 Å². The molecule has 2 aromatic heterocycles. The lowest BCUT2D eigenvalue weighted by Crippen LogP contribution is -2.07. The Balaban J connectivity index is 2.16. The molecule has 1 N–H and O–H groups in total. The van der Waals surface area contributed by atoms with Crippen LogP contribution in [0, 0.1) is 13.8 Å². The molecule has 0 saturated carbocycles. The van der Waals surface area contributed by atoms with Crippen molar-refractivity contribution in [1.82, 2.24) is 15.0 Å². The minimum Gasteiger partial charge on any atom is -0.361 e. The minimum absolute atomic E-state index is 0.147. The van der Waals surface area contributed by atoms with Crippen molar-refractivity contribution in [3.63, 3.8) is 0 Å². The molecule has 0 spiro atoms. The average Bonchev–Trinajstić information content (AvgIpc) is 2.58. The van der Waals surface area contributed by atoms with Gasteiger partial charge in [-0.25, -0.2) is 9.97 Å². The first kappa shape index (κ1) is 12.3. The average molecular weight is 269 g/mol. The van der Waals surface area contributed by atoms with Crippen molar-refractivity contribution in [2.24, 2.45) is 0 Å². The molecule has 0 aliphatic heterocycles. The Bertz CT molecular complexity index is 526. The Hall–Kier alpha value is -1.20. The monoisotopic (exact) mass is 268 g/mol. The van der Waals surface area contributed by atoms with Crippen molar-refractivity contribution < 1.29 is 0 Å². The molecule has 0 fully saturated rings. The summed E-state index contributed by atoms with van der Waals surface area (Å²) in [6, 6.07) is 0.147. The summed E-state index contributed by atoms with van der Waals surface area (Å²) < 4.78 is 0. The first-order valence-electron chi connectivity index (χ1n) is 5.24. The van der Waals surface area contributed by atoms with Gasteiger partial charge < -0.3 is 5.32 Å². The number of halogens is 1. The molecule has 6 heteroatoms. The summed E-state index contributed by atoms with van der Waals surface area (Å²) in [4.78, 5) is 13.8. The van der Waals surface area contributed by atoms with Crippen molar-refractivity contribution in [3.8, 4) is 0 Å². The molecule has 1 atom stereocenters. The van der Waals surface area contributed by atoms with Crippen LogP contribution in [-0.4, -0.2) is 15.0 Å². The van der Waals surface area contributed by atoms with E-state index in [9.17, 15) is 0 Å². The summed E-state index contributed by atoms with van der Waals surface area (Å²) in [6.07, 6.45) is 3.17. The van der Waals surface area contributed by atoms with Gasteiger partial charge in [-0.2, -0.15) is 0 Å². The van der Waals surface area contributed by atoms with Crippen LogP contribution in [0.15, 0.2) is 12.4 Å². The maximum Gasteiger partial charge on any atom is 0.149 e. The SMILES string of the molecule is Cc1nc(C)c(C(C)Nc2cncc(Cl)n2)s1. The zero-order valence-electron chi connectivity index (χ0n) is 9.86. The van der Waals surface area contributed by atoms with Crippen molar-refractivity contribution in [3.05, 3.63) is 33.1 Å². The fourth-order valence-electron chi connectivity index (χ4n) is 1.65. The molecule has 0 aromatic carbocycles. The second-order valence-electron chi connectivity index (χ2n) is 3.78. The Morgan fingerprint density at radius 3 is 2.65 bits per heavy atom. The third-order valence-electron chi connectivity index (χ3n) is 2.30. The molecule has 90 valence electrons. The van der Waals surface area contributed by atoms with Crippen LogP contribution in [0.2, 0.25) is 5.15 Å². The van der Waals surface area contributed by atoms with Crippen molar-refractivity contribution in [2.45, 2.75) is 26.8 Å². The van der Waals surface area contributed by atoms with E-state index in [0.717, 1.165) is 10.7 Å². The van der Waals surface area contributed by atoms with Crippen molar-refractivity contribution in [2.75, 3.05) is 5.32 Å². The van der Waals surface area contributed by atoms with Crippen molar-refractivity contribution >= 4 is 28.8 Å². The number of hydrogen-bond donors (Lipinski definition) is 1. The predicted molar refractivity (Wildman–Crippen MR) is 70.7 cm³/mol. The molecule has 0 amide bonds. The highest BCUT2D eigenvalue weighted by molar-refractivity contribution is 7.11. The van der Waals surface area contributed by atoms with Gasteiger partial charge in [0.25, 0.3) is 0 Å². The zero-order chi connectivity index (χ0) is 12.4. The van der Waals surface area contributed by atoms with Gasteiger partial charge >= 0.3 is 0 Å². The number of anilines is 1. The summed E-state index contributed by atoms with van der Waals surface area (Å²) in [5.74, 6) is 0.676. The largest absolute Gasteiger partial charge is 0.361 e. The Morgan fingerprint density at radius 1 is 1.29 bits per heavy atom. The quantitative estimate of drug-likeness (QED) is 0.927. The highest BCUT2D eigenvalue weighted by Crippen LogP contribution is 2.26. The van der Waals surface area contributed by atoms with Gasteiger partial charge in [-0.05, 0) is 20.8 Å². The van der Waals surface area contributed by atoms with E-state index in [1.165, 1.54) is 11.1 Å². The van der Waals surface area contributed by atoms with Crippen LogP contribution in [0.5, 0.6) is 0 Å². The Labute approximate surface area is 109 Å². The molecule has 2 heterocycles. The molecule has 0 aliphatic rings. The van der Waals surface area contributed by atoms with E-state index in [4.69, 9.17) is 11.6 Å². The zero-order valence-corrected chi connectivity index (χ0v) is 11.4. The molecule has 0 radical (unpaired) electrons. The highest BCUT2D eigenvalue weighted by atomic mass is 35.5. The van der Waals surface area contributed by atoms with Crippen LogP contribution in [0.1, 0.15) is 28.5 Å². The van der Waals surface area contributed by atoms with Crippen LogP contribution in [-0.2, 0) is 0 Å². The van der Waals surface area contributed by atoms with E-state index in [1.54, 1.807) is 17.5 Å². The number of nitrogens with zero attached hydrogens (tertiary/aromatic N) is 3. The Kier molecular flexibility index (Phi) is 3.59. The van der Waals surface area contributed by atoms with Crippen LogP contribution in [0.4, 0.5) is 5.82 Å². The lowest BCUT2D eigenvalue weighted by molar-refractivity contribution is 0.876. The predicted octanol–water partition coefficient (Wildman–Crippen LogP) is 3.38. The molecule has 0 saturated heterocycles. The molecule has 17 heavy (non-hydrogen) atoms. The molecule has 4 nitrogen and oxygen atoms in total. The lowest BCUT2D eigenvalue weighted by Gasteiger charge is -2.13. The molecular weight excluding hydrogens is 256 g/mol. The third-order valence-corrected chi connectivity index (χ3v) is 3.74. The lowest BCUT2D eigenvalue weighted by atomic mass is 10.2. The van der Waals surface area contributed by atoms with E-state index in [-0.39, 0.29) is 6.04 Å². The highest BCUT2D eigenvalue weighted by Gasteiger charge is 2.13. The normalized spacial score (nSPS) is 12.5. The maximum absolute atomic E-state index is 5.79. The molecule has 0 aliphatic carbocycles. The van der Waals surface area contributed by atoms with Gasteiger partial charge in [0.1, 0.15) is 11.0 Å². The number of rotatable bonds is 3. The van der Waals surface area contributed by atoms with Gasteiger partial charge in [0.2, 0.25) is 0 Å². The summed E-state index contributed by atoms with van der Waals surface area (Å²) in [7, 11) is 0. The van der Waals surface area contributed by atoms with E-state index >= 15 is 0 Å². The minimum atomic E-state index is 0.147. The van der Waals surface area contributed by atoms with E-state index < -0.39 is 0 Å². The second-order valence-corrected chi connectivity index (χ2v) is 5.40. The van der Waals surface area contributed by atoms with Gasteiger partial charge in [-0.15, -0.1) is 11.3 Å². The number of aryl methyl sites for hydroxylation is 2. The van der Waals surface area contributed by atoms with Gasteiger partial charge in [0, 0.05) is 4.88 Å². The summed E-state index contributed by atoms with van der Waals surface area (Å²) >= 11 is 7.48. The maximum atomic E-state index is 5.79. The molecule has 2 aromatic rings. The fraction of sp³-hybridized carbons (Fsp3) is 0.364.